The molecule has 7 heteroatoms. The lowest BCUT2D eigenvalue weighted by atomic mass is 9.89. The second-order valence-electron chi connectivity index (χ2n) is 6.43. The molecule has 0 aliphatic heterocycles. The predicted octanol–water partition coefficient (Wildman–Crippen LogP) is 3.41. The van der Waals surface area contributed by atoms with Crippen LogP contribution in [0.3, 0.4) is 0 Å². The number of non-ortho nitro benzene ring substituents is 1. The molecule has 6 nitrogen and oxygen atoms in total. The monoisotopic (exact) mass is 340 g/mol. The third-order valence-electron chi connectivity index (χ3n) is 4.74. The second kappa shape index (κ2) is 6.97. The highest BCUT2D eigenvalue weighted by molar-refractivity contribution is 7.89. The highest BCUT2D eigenvalue weighted by Gasteiger charge is 2.28. The average molecular weight is 340 g/mol. The molecule has 1 saturated carbocycles. The molecule has 0 bridgehead atoms. The minimum absolute atomic E-state index is 0.0440. The fraction of sp³-hybridized carbons (Fsp3) is 0.625. The highest BCUT2D eigenvalue weighted by Crippen LogP contribution is 2.29. The lowest BCUT2D eigenvalue weighted by Gasteiger charge is -2.27. The molecular formula is C16H24N2O4S. The predicted molar refractivity (Wildman–Crippen MR) is 89.0 cm³/mol. The molecule has 0 amide bonds. The normalized spacial score (nSPS) is 16.7. The Bertz CT molecular complexity index is 694. The van der Waals surface area contributed by atoms with E-state index in [2.05, 4.69) is 0 Å². The number of hydrogen-bond donors (Lipinski definition) is 0. The molecule has 2 rings (SSSR count). The molecule has 0 unspecified atom stereocenters. The average Bonchev–Trinajstić information content (AvgIpc) is 2.50. The largest absolute Gasteiger partial charge is 0.271 e. The van der Waals surface area contributed by atoms with Gasteiger partial charge in [0, 0.05) is 25.7 Å². The molecule has 1 aliphatic rings. The summed E-state index contributed by atoms with van der Waals surface area (Å²) in [6.07, 6.45) is 5.61. The number of nitro benzene ring substituents is 1. The van der Waals surface area contributed by atoms with E-state index in [-0.39, 0.29) is 10.6 Å². The van der Waals surface area contributed by atoms with Crippen LogP contribution in [0.15, 0.2) is 17.0 Å². The van der Waals surface area contributed by atoms with Crippen molar-refractivity contribution in [2.75, 3.05) is 13.6 Å². The first kappa shape index (κ1) is 17.9. The maximum Gasteiger partial charge on any atom is 0.271 e. The van der Waals surface area contributed by atoms with Crippen molar-refractivity contribution in [2.45, 2.75) is 50.8 Å². The minimum atomic E-state index is -3.72. The number of nitrogens with zero attached hydrogens (tertiary/aromatic N) is 2. The Hall–Kier alpha value is -1.47. The molecular weight excluding hydrogens is 316 g/mol. The summed E-state index contributed by atoms with van der Waals surface area (Å²) in [6, 6.07) is 2.59. The quantitative estimate of drug-likeness (QED) is 0.607. The Morgan fingerprint density at radius 2 is 1.83 bits per heavy atom. The molecule has 1 fully saturated rings. The van der Waals surface area contributed by atoms with Crippen LogP contribution in [0.4, 0.5) is 5.69 Å². The SMILES string of the molecule is Cc1cc([N+](=O)[O-])cc(S(=O)(=O)N(C)CC2CCCCC2)c1C. The van der Waals surface area contributed by atoms with Gasteiger partial charge in [-0.05, 0) is 43.7 Å². The summed E-state index contributed by atoms with van der Waals surface area (Å²) in [5.41, 5.74) is 1.01. The molecule has 0 spiro atoms. The van der Waals surface area contributed by atoms with Gasteiger partial charge in [-0.3, -0.25) is 10.1 Å². The van der Waals surface area contributed by atoms with Gasteiger partial charge in [0.15, 0.2) is 0 Å². The molecule has 128 valence electrons. The zero-order valence-electron chi connectivity index (χ0n) is 13.9. The van der Waals surface area contributed by atoms with Gasteiger partial charge in [0.1, 0.15) is 0 Å². The van der Waals surface area contributed by atoms with Crippen LogP contribution >= 0.6 is 0 Å². The lowest BCUT2D eigenvalue weighted by Crippen LogP contribution is -2.33. The maximum atomic E-state index is 12.9. The number of aryl methyl sites for hydroxylation is 1. The van der Waals surface area contributed by atoms with E-state index >= 15 is 0 Å². The zero-order chi connectivity index (χ0) is 17.2. The fourth-order valence-corrected chi connectivity index (χ4v) is 4.74. The van der Waals surface area contributed by atoms with Crippen molar-refractivity contribution >= 4 is 15.7 Å². The summed E-state index contributed by atoms with van der Waals surface area (Å²) in [5.74, 6) is 0.378. The molecule has 1 aliphatic carbocycles. The Labute approximate surface area is 137 Å². The van der Waals surface area contributed by atoms with Crippen LogP contribution in [0.5, 0.6) is 0 Å². The van der Waals surface area contributed by atoms with Crippen molar-refractivity contribution in [1.82, 2.24) is 4.31 Å². The van der Waals surface area contributed by atoms with Crippen molar-refractivity contribution < 1.29 is 13.3 Å². The molecule has 1 aromatic carbocycles. The topological polar surface area (TPSA) is 80.5 Å². The van der Waals surface area contributed by atoms with E-state index in [0.29, 0.717) is 23.6 Å². The van der Waals surface area contributed by atoms with Crippen LogP contribution in [0, 0.1) is 29.9 Å². The first-order valence-corrected chi connectivity index (χ1v) is 9.39. The third kappa shape index (κ3) is 3.90. The van der Waals surface area contributed by atoms with Gasteiger partial charge in [-0.2, -0.15) is 0 Å². The smallest absolute Gasteiger partial charge is 0.258 e. The number of sulfonamides is 1. The first-order chi connectivity index (χ1) is 10.7. The molecule has 0 saturated heterocycles. The van der Waals surface area contributed by atoms with E-state index in [9.17, 15) is 18.5 Å². The van der Waals surface area contributed by atoms with E-state index in [0.717, 1.165) is 25.7 Å². The van der Waals surface area contributed by atoms with Crippen molar-refractivity contribution in [3.63, 3.8) is 0 Å². The second-order valence-corrected chi connectivity index (χ2v) is 8.45. The molecule has 0 N–H and O–H groups in total. The van der Waals surface area contributed by atoms with E-state index in [4.69, 9.17) is 0 Å². The molecule has 0 aromatic heterocycles. The molecule has 23 heavy (non-hydrogen) atoms. The van der Waals surface area contributed by atoms with Crippen molar-refractivity contribution in [3.05, 3.63) is 33.4 Å². The summed E-state index contributed by atoms with van der Waals surface area (Å²) in [6.45, 7) is 3.87. The highest BCUT2D eigenvalue weighted by atomic mass is 32.2. The Balaban J connectivity index is 2.32. The minimum Gasteiger partial charge on any atom is -0.258 e. The Morgan fingerprint density at radius 3 is 2.39 bits per heavy atom. The third-order valence-corrected chi connectivity index (χ3v) is 6.69. The lowest BCUT2D eigenvalue weighted by molar-refractivity contribution is -0.385. The van der Waals surface area contributed by atoms with E-state index in [1.165, 1.54) is 22.9 Å². The van der Waals surface area contributed by atoms with Gasteiger partial charge < -0.3 is 0 Å². The summed E-state index contributed by atoms with van der Waals surface area (Å²) in [4.78, 5) is 10.5. The molecule has 0 heterocycles. The van der Waals surface area contributed by atoms with Crippen molar-refractivity contribution in [3.8, 4) is 0 Å². The number of benzene rings is 1. The molecule has 0 radical (unpaired) electrons. The van der Waals surface area contributed by atoms with E-state index < -0.39 is 14.9 Å². The van der Waals surface area contributed by atoms with Crippen LogP contribution in [-0.2, 0) is 10.0 Å². The van der Waals surface area contributed by atoms with Gasteiger partial charge >= 0.3 is 0 Å². The summed E-state index contributed by atoms with van der Waals surface area (Å²) in [5, 5.41) is 11.0. The van der Waals surface area contributed by atoms with Crippen LogP contribution in [0.1, 0.15) is 43.2 Å². The first-order valence-electron chi connectivity index (χ1n) is 7.95. The van der Waals surface area contributed by atoms with Gasteiger partial charge in [-0.15, -0.1) is 0 Å². The molecule has 0 atom stereocenters. The van der Waals surface area contributed by atoms with Gasteiger partial charge in [0.25, 0.3) is 5.69 Å². The van der Waals surface area contributed by atoms with Crippen molar-refractivity contribution in [1.29, 1.82) is 0 Å². The molecule has 1 aromatic rings. The Kier molecular flexibility index (Phi) is 5.41. The Morgan fingerprint density at radius 1 is 1.22 bits per heavy atom. The van der Waals surface area contributed by atoms with Gasteiger partial charge in [0.2, 0.25) is 10.0 Å². The van der Waals surface area contributed by atoms with Crippen LogP contribution < -0.4 is 0 Å². The van der Waals surface area contributed by atoms with Crippen LogP contribution in [0.25, 0.3) is 0 Å². The standard InChI is InChI=1S/C16H24N2O4S/c1-12-9-15(18(19)20)10-16(13(12)2)23(21,22)17(3)11-14-7-5-4-6-8-14/h9-10,14H,4-8,11H2,1-3H3. The summed E-state index contributed by atoms with van der Waals surface area (Å²) >= 11 is 0. The van der Waals surface area contributed by atoms with Crippen LogP contribution in [-0.4, -0.2) is 31.2 Å². The number of nitro groups is 1. The zero-order valence-corrected chi connectivity index (χ0v) is 14.7. The van der Waals surface area contributed by atoms with E-state index in [1.807, 2.05) is 0 Å². The number of hydrogen-bond acceptors (Lipinski definition) is 4. The summed E-state index contributed by atoms with van der Waals surface area (Å²) < 4.78 is 27.1. The van der Waals surface area contributed by atoms with Crippen LogP contribution in [0.2, 0.25) is 0 Å². The van der Waals surface area contributed by atoms with Gasteiger partial charge in [-0.1, -0.05) is 19.3 Å². The summed E-state index contributed by atoms with van der Waals surface area (Å²) in [7, 11) is -2.15. The maximum absolute atomic E-state index is 12.9. The van der Waals surface area contributed by atoms with Crippen molar-refractivity contribution in [2.24, 2.45) is 5.92 Å². The van der Waals surface area contributed by atoms with Gasteiger partial charge in [0.05, 0.1) is 9.82 Å². The van der Waals surface area contributed by atoms with E-state index in [1.54, 1.807) is 20.9 Å². The number of rotatable bonds is 5. The van der Waals surface area contributed by atoms with Gasteiger partial charge in [-0.25, -0.2) is 12.7 Å². The fourth-order valence-electron chi connectivity index (χ4n) is 3.18.